The zero-order valence-corrected chi connectivity index (χ0v) is 18.4. The van der Waals surface area contributed by atoms with Crippen LogP contribution in [0.2, 0.25) is 0 Å². The molecule has 1 N–H and O–H groups in total. The first-order valence-electron chi connectivity index (χ1n) is 10.0. The molecule has 0 radical (unpaired) electrons. The maximum atomic E-state index is 12.5. The summed E-state index contributed by atoms with van der Waals surface area (Å²) in [4.78, 5) is 26.8. The Kier molecular flexibility index (Phi) is 6.91. The van der Waals surface area contributed by atoms with Crippen LogP contribution in [0.15, 0.2) is 47.4 Å². The smallest absolute Gasteiger partial charge is 0.269 e. The second-order valence-corrected chi connectivity index (χ2v) is 9.29. The fraction of sp³-hybridized carbons (Fsp3) is 0.381. The fourth-order valence-electron chi connectivity index (χ4n) is 3.63. The number of carbonyl (C=O) groups excluding carboxylic acids is 1. The van der Waals surface area contributed by atoms with Crippen molar-refractivity contribution < 1.29 is 18.1 Å². The van der Waals surface area contributed by atoms with Crippen molar-refractivity contribution in [3.8, 4) is 0 Å². The largest absolute Gasteiger partial charge is 0.368 e. The Bertz CT molecular complexity index is 1060. The highest BCUT2D eigenvalue weighted by molar-refractivity contribution is 7.89. The van der Waals surface area contributed by atoms with E-state index in [1.807, 2.05) is 13.0 Å². The third-order valence-corrected chi connectivity index (χ3v) is 6.93. The van der Waals surface area contributed by atoms with Crippen molar-refractivity contribution in [1.29, 1.82) is 0 Å². The minimum Gasteiger partial charge on any atom is -0.368 e. The standard InChI is InChI=1S/C21H26N4O5S/c1-16-3-8-20(17(2)15-16)31(29,30)22-10-9-21(26)24-13-11-23(12-14-24)18-4-6-19(7-5-18)25(27)28/h3-8,15,22H,9-14H2,1-2H3. The lowest BCUT2D eigenvalue weighted by Crippen LogP contribution is -2.49. The van der Waals surface area contributed by atoms with Crippen LogP contribution in [0.3, 0.4) is 0 Å². The maximum Gasteiger partial charge on any atom is 0.269 e. The summed E-state index contributed by atoms with van der Waals surface area (Å²) >= 11 is 0. The number of nitro benzene ring substituents is 1. The monoisotopic (exact) mass is 446 g/mol. The van der Waals surface area contributed by atoms with Crippen LogP contribution in [0.25, 0.3) is 0 Å². The summed E-state index contributed by atoms with van der Waals surface area (Å²) in [7, 11) is -3.67. The fourth-order valence-corrected chi connectivity index (χ4v) is 4.88. The number of amides is 1. The first-order chi connectivity index (χ1) is 14.7. The summed E-state index contributed by atoms with van der Waals surface area (Å²) < 4.78 is 27.5. The van der Waals surface area contributed by atoms with Gasteiger partial charge in [-0.25, -0.2) is 13.1 Å². The van der Waals surface area contributed by atoms with Gasteiger partial charge < -0.3 is 9.80 Å². The molecule has 0 bridgehead atoms. The van der Waals surface area contributed by atoms with E-state index in [4.69, 9.17) is 0 Å². The van der Waals surface area contributed by atoms with Gasteiger partial charge >= 0.3 is 0 Å². The number of anilines is 1. The first-order valence-corrected chi connectivity index (χ1v) is 11.5. The van der Waals surface area contributed by atoms with Gasteiger partial charge in [-0.15, -0.1) is 0 Å². The number of benzene rings is 2. The Morgan fingerprint density at radius 2 is 1.71 bits per heavy atom. The highest BCUT2D eigenvalue weighted by Crippen LogP contribution is 2.21. The molecule has 0 aliphatic carbocycles. The molecule has 1 saturated heterocycles. The van der Waals surface area contributed by atoms with E-state index < -0.39 is 14.9 Å². The molecule has 1 fully saturated rings. The SMILES string of the molecule is Cc1ccc(S(=O)(=O)NCCC(=O)N2CCN(c3ccc([N+](=O)[O-])cc3)CC2)c(C)c1. The van der Waals surface area contributed by atoms with Crippen molar-refractivity contribution in [2.45, 2.75) is 25.2 Å². The molecule has 0 aromatic heterocycles. The number of nitro groups is 1. The van der Waals surface area contributed by atoms with E-state index >= 15 is 0 Å². The van der Waals surface area contributed by atoms with E-state index in [1.165, 1.54) is 12.1 Å². The Morgan fingerprint density at radius 3 is 2.29 bits per heavy atom. The van der Waals surface area contributed by atoms with Gasteiger partial charge in [0.15, 0.2) is 0 Å². The van der Waals surface area contributed by atoms with Crippen LogP contribution < -0.4 is 9.62 Å². The number of sulfonamides is 1. The molecule has 2 aromatic rings. The van der Waals surface area contributed by atoms with Crippen LogP contribution in [0.4, 0.5) is 11.4 Å². The summed E-state index contributed by atoms with van der Waals surface area (Å²) in [6, 6.07) is 11.5. The van der Waals surface area contributed by atoms with Crippen molar-refractivity contribution >= 4 is 27.3 Å². The average molecular weight is 447 g/mol. The lowest BCUT2D eigenvalue weighted by Gasteiger charge is -2.36. The molecule has 0 atom stereocenters. The Morgan fingerprint density at radius 1 is 1.06 bits per heavy atom. The van der Waals surface area contributed by atoms with Gasteiger partial charge in [-0.05, 0) is 37.6 Å². The molecule has 9 nitrogen and oxygen atoms in total. The Hall–Kier alpha value is -2.98. The quantitative estimate of drug-likeness (QED) is 0.515. The molecular weight excluding hydrogens is 420 g/mol. The van der Waals surface area contributed by atoms with Gasteiger partial charge in [-0.2, -0.15) is 0 Å². The first kappa shape index (κ1) is 22.7. The number of non-ortho nitro benzene ring substituents is 1. The number of carbonyl (C=O) groups is 1. The number of nitrogens with one attached hydrogen (secondary N) is 1. The number of rotatable bonds is 7. The van der Waals surface area contributed by atoms with Crippen LogP contribution >= 0.6 is 0 Å². The molecule has 1 amide bonds. The van der Waals surface area contributed by atoms with Gasteiger partial charge in [-0.3, -0.25) is 14.9 Å². The number of aryl methyl sites for hydroxylation is 2. The van der Waals surface area contributed by atoms with E-state index in [2.05, 4.69) is 9.62 Å². The van der Waals surface area contributed by atoms with Crippen molar-refractivity contribution in [3.63, 3.8) is 0 Å². The molecule has 2 aromatic carbocycles. The molecule has 0 unspecified atom stereocenters. The van der Waals surface area contributed by atoms with Gasteiger partial charge in [0, 0.05) is 57.0 Å². The molecule has 10 heteroatoms. The van der Waals surface area contributed by atoms with Crippen LogP contribution in [-0.2, 0) is 14.8 Å². The normalized spacial score (nSPS) is 14.5. The van der Waals surface area contributed by atoms with Gasteiger partial charge in [0.2, 0.25) is 15.9 Å². The average Bonchev–Trinajstić information content (AvgIpc) is 2.73. The van der Waals surface area contributed by atoms with E-state index in [1.54, 1.807) is 36.1 Å². The zero-order valence-electron chi connectivity index (χ0n) is 17.6. The minimum atomic E-state index is -3.67. The van der Waals surface area contributed by atoms with Gasteiger partial charge in [-0.1, -0.05) is 17.7 Å². The molecule has 3 rings (SSSR count). The van der Waals surface area contributed by atoms with E-state index in [0.29, 0.717) is 31.7 Å². The molecule has 1 aliphatic rings. The molecule has 31 heavy (non-hydrogen) atoms. The van der Waals surface area contributed by atoms with Crippen LogP contribution in [0, 0.1) is 24.0 Å². The third kappa shape index (κ3) is 5.59. The molecule has 1 aliphatic heterocycles. The predicted octanol–water partition coefficient (Wildman–Crippen LogP) is 2.23. The van der Waals surface area contributed by atoms with E-state index in [9.17, 15) is 23.3 Å². The van der Waals surface area contributed by atoms with Crippen LogP contribution in [0.5, 0.6) is 0 Å². The molecule has 1 heterocycles. The highest BCUT2D eigenvalue weighted by atomic mass is 32.2. The van der Waals surface area contributed by atoms with Crippen LogP contribution in [0.1, 0.15) is 17.5 Å². The molecular formula is C21H26N4O5S. The summed E-state index contributed by atoms with van der Waals surface area (Å²) in [6.45, 7) is 5.93. The lowest BCUT2D eigenvalue weighted by molar-refractivity contribution is -0.384. The molecule has 166 valence electrons. The number of nitrogens with zero attached hydrogens (tertiary/aromatic N) is 3. The lowest BCUT2D eigenvalue weighted by atomic mass is 10.2. The summed E-state index contributed by atoms with van der Waals surface area (Å²) in [5, 5.41) is 10.8. The number of hydrogen-bond donors (Lipinski definition) is 1. The second kappa shape index (κ2) is 9.44. The molecule has 0 saturated carbocycles. The highest BCUT2D eigenvalue weighted by Gasteiger charge is 2.22. The zero-order chi connectivity index (χ0) is 22.6. The number of hydrogen-bond acceptors (Lipinski definition) is 6. The Labute approximate surface area is 181 Å². The van der Waals surface area contributed by atoms with Crippen molar-refractivity contribution in [2.75, 3.05) is 37.6 Å². The minimum absolute atomic E-state index is 0.0387. The summed E-state index contributed by atoms with van der Waals surface area (Å²) in [5.74, 6) is -0.105. The maximum absolute atomic E-state index is 12.5. The van der Waals surface area contributed by atoms with Crippen molar-refractivity contribution in [2.24, 2.45) is 0 Å². The van der Waals surface area contributed by atoms with Gasteiger partial charge in [0.1, 0.15) is 0 Å². The predicted molar refractivity (Wildman–Crippen MR) is 118 cm³/mol. The van der Waals surface area contributed by atoms with Gasteiger partial charge in [0.25, 0.3) is 5.69 Å². The van der Waals surface area contributed by atoms with Gasteiger partial charge in [0.05, 0.1) is 9.82 Å². The van der Waals surface area contributed by atoms with Crippen LogP contribution in [-0.4, -0.2) is 56.9 Å². The van der Waals surface area contributed by atoms with E-state index in [-0.39, 0.29) is 29.5 Å². The Balaban J connectivity index is 1.48. The summed E-state index contributed by atoms with van der Waals surface area (Å²) in [5.41, 5.74) is 2.57. The third-order valence-electron chi connectivity index (χ3n) is 5.31. The summed E-state index contributed by atoms with van der Waals surface area (Å²) in [6.07, 6.45) is 0.0850. The number of piperazine rings is 1. The van der Waals surface area contributed by atoms with Crippen molar-refractivity contribution in [1.82, 2.24) is 9.62 Å². The molecule has 0 spiro atoms. The second-order valence-electron chi connectivity index (χ2n) is 7.56. The topological polar surface area (TPSA) is 113 Å². The van der Waals surface area contributed by atoms with Crippen molar-refractivity contribution in [3.05, 3.63) is 63.7 Å². The van der Waals surface area contributed by atoms with E-state index in [0.717, 1.165) is 11.3 Å².